The number of sulfonamides is 7. The van der Waals surface area contributed by atoms with Crippen LogP contribution in [-0.2, 0) is 103 Å². The average Bonchev–Trinajstić information content (AvgIpc) is 1.61. The minimum atomic E-state index is -4.12. The molecular formula is C58H74ClN9O31S9. The molecule has 0 bridgehead atoms. The van der Waals surface area contributed by atoms with Gasteiger partial charge in [-0.25, -0.2) is 128 Å². The Bertz CT molecular complexity index is 5630. The Labute approximate surface area is 630 Å². The Morgan fingerprint density at radius 3 is 1.12 bits per heavy atom. The molecule has 0 amide bonds. The maximum absolute atomic E-state index is 11.7. The molecule has 8 aromatic rings. The summed E-state index contributed by atoms with van der Waals surface area (Å²) in [6.45, 7) is 15.9. The molecule has 0 aliphatic heterocycles. The van der Waals surface area contributed by atoms with E-state index in [4.69, 9.17) is 91.5 Å². The van der Waals surface area contributed by atoms with Crippen molar-refractivity contribution >= 4 is 146 Å². The monoisotopic (exact) mass is 1720 g/mol. The van der Waals surface area contributed by atoms with E-state index in [1.807, 2.05) is 19.9 Å². The second-order valence-corrected chi connectivity index (χ2v) is 35.3. The molecule has 21 N–H and O–H groups in total. The Balaban J connectivity index is 0.000000430. The Morgan fingerprint density at radius 2 is 0.787 bits per heavy atom. The van der Waals surface area contributed by atoms with E-state index >= 15 is 0 Å². The summed E-state index contributed by atoms with van der Waals surface area (Å²) >= 11 is 6.86. The minimum Gasteiger partial charge on any atom is -0.478 e. The van der Waals surface area contributed by atoms with Gasteiger partial charge in [0.05, 0.1) is 15.5 Å². The molecule has 1 aromatic carbocycles. The van der Waals surface area contributed by atoms with Crippen molar-refractivity contribution in [2.75, 3.05) is 0 Å². The fourth-order valence-corrected chi connectivity index (χ4v) is 18.9. The predicted molar refractivity (Wildman–Crippen MR) is 384 cm³/mol. The predicted octanol–water partition coefficient (Wildman–Crippen LogP) is 4.79. The molecule has 0 aliphatic rings. The molecule has 50 heteroatoms. The first kappa shape index (κ1) is 95.0. The van der Waals surface area contributed by atoms with Crippen molar-refractivity contribution < 1.29 is 141 Å². The minimum absolute atomic E-state index is 0.0117. The Hall–Kier alpha value is -9.03. The SMILES string of the molecule is CCCc1oc(CCC)c(S(N)(=O)=O)c1C(=O)O.CCc1oc(CC)c(S(N)(=O)=O)c1C(=O)O.Cc1c(C(=O)O)c(S(N)(=O)=O)c(C)n1-c1ccccc1.Cc1c(C(=O)O)c(S(N)(=O)=O)c(C)n1C.Cc1oc(C)c(S(N)(=O)=O)c1C(=O)O.NS(=O)(=O)c1sc(Cl)cc1C(=O)O.NS(=O)(=O)c1sccc1C(=O)O. The molecular weight excluding hydrogens is 1640 g/mol. The van der Waals surface area contributed by atoms with E-state index in [2.05, 4.69) is 0 Å². The zero-order chi connectivity index (χ0) is 84.1. The molecule has 0 saturated heterocycles. The number of nitrogens with zero attached hydrogens (tertiary/aromatic N) is 2. The number of hydrogen-bond acceptors (Lipinski definition) is 26. The number of primary sulfonamides is 7. The lowest BCUT2D eigenvalue weighted by Gasteiger charge is -2.09. The lowest BCUT2D eigenvalue weighted by atomic mass is 10.1. The highest BCUT2D eigenvalue weighted by Gasteiger charge is 2.35. The number of halogens is 1. The maximum atomic E-state index is 11.7. The summed E-state index contributed by atoms with van der Waals surface area (Å²) in [7, 11) is -26.7. The third-order valence-corrected chi connectivity index (χ3v) is 24.5. The van der Waals surface area contributed by atoms with E-state index in [1.165, 1.54) is 50.6 Å². The third kappa shape index (κ3) is 24.0. The van der Waals surface area contributed by atoms with Gasteiger partial charge in [-0.2, -0.15) is 0 Å². The normalized spacial score (nSPS) is 11.6. The van der Waals surface area contributed by atoms with E-state index in [9.17, 15) is 97.6 Å². The van der Waals surface area contributed by atoms with Crippen molar-refractivity contribution in [3.63, 3.8) is 0 Å². The van der Waals surface area contributed by atoms with Gasteiger partial charge in [0, 0.05) is 61.2 Å². The summed E-state index contributed by atoms with van der Waals surface area (Å²) in [5.74, 6) is -8.75. The first-order valence-corrected chi connectivity index (χ1v) is 42.5. The smallest absolute Gasteiger partial charge is 0.340 e. The Kier molecular flexibility index (Phi) is 32.9. The molecule has 7 heterocycles. The number of benzene rings is 1. The van der Waals surface area contributed by atoms with Crippen molar-refractivity contribution in [3.8, 4) is 5.69 Å². The zero-order valence-electron chi connectivity index (χ0n) is 58.3. The quantitative estimate of drug-likeness (QED) is 0.0460. The van der Waals surface area contributed by atoms with Crippen LogP contribution in [0.1, 0.15) is 170 Å². The molecule has 0 atom stereocenters. The van der Waals surface area contributed by atoms with E-state index in [-0.39, 0.29) is 97.7 Å². The van der Waals surface area contributed by atoms with Crippen LogP contribution in [0.25, 0.3) is 5.69 Å². The van der Waals surface area contributed by atoms with Gasteiger partial charge in [-0.05, 0) is 84.0 Å². The molecule has 598 valence electrons. The second kappa shape index (κ2) is 37.4. The van der Waals surface area contributed by atoms with Crippen LogP contribution in [0.3, 0.4) is 0 Å². The third-order valence-electron chi connectivity index (χ3n) is 14.1. The van der Waals surface area contributed by atoms with Gasteiger partial charge in [0.1, 0.15) is 91.1 Å². The highest BCUT2D eigenvalue weighted by Crippen LogP contribution is 2.34. The van der Waals surface area contributed by atoms with Gasteiger partial charge in [-0.3, -0.25) is 0 Å². The Morgan fingerprint density at radius 1 is 0.407 bits per heavy atom. The highest BCUT2D eigenvalue weighted by molar-refractivity contribution is 7.92. The number of aromatic carboxylic acids is 7. The number of rotatable bonds is 21. The number of carboxylic acids is 7. The molecule has 0 spiro atoms. The first-order chi connectivity index (χ1) is 49.1. The summed E-state index contributed by atoms with van der Waals surface area (Å²) in [4.78, 5) is 74.2. The number of aromatic nitrogens is 2. The zero-order valence-corrected chi connectivity index (χ0v) is 66.4. The fourth-order valence-electron chi connectivity index (χ4n) is 9.86. The summed E-state index contributed by atoms with van der Waals surface area (Å²) in [6, 6.07) is 11.2. The number of hydrogen-bond donors (Lipinski definition) is 14. The molecule has 0 aliphatic carbocycles. The molecule has 0 unspecified atom stereocenters. The van der Waals surface area contributed by atoms with Crippen LogP contribution in [0, 0.1) is 41.5 Å². The second-order valence-electron chi connectivity index (χ2n) is 21.7. The molecule has 8 rings (SSSR count). The van der Waals surface area contributed by atoms with Gasteiger partial charge in [-0.15, -0.1) is 22.7 Å². The van der Waals surface area contributed by atoms with Gasteiger partial charge >= 0.3 is 41.8 Å². The van der Waals surface area contributed by atoms with Gasteiger partial charge < -0.3 is 58.1 Å². The number of carboxylic acid groups (broad SMARTS) is 7. The number of para-hydroxylation sites is 1. The number of carbonyl (C=O) groups is 7. The molecule has 40 nitrogen and oxygen atoms in total. The number of nitrogens with two attached hydrogens (primary N) is 7. The van der Waals surface area contributed by atoms with Gasteiger partial charge in [0.15, 0.2) is 4.21 Å². The van der Waals surface area contributed by atoms with Crippen LogP contribution in [0.2, 0.25) is 4.34 Å². The van der Waals surface area contributed by atoms with Crippen molar-refractivity contribution in [2.24, 2.45) is 43.0 Å². The first-order valence-electron chi connectivity index (χ1n) is 29.6. The van der Waals surface area contributed by atoms with Crippen molar-refractivity contribution in [3.05, 3.63) is 148 Å². The van der Waals surface area contributed by atoms with Crippen LogP contribution in [-0.4, -0.2) is 146 Å². The molecule has 0 saturated carbocycles. The lowest BCUT2D eigenvalue weighted by Crippen LogP contribution is -2.17. The maximum Gasteiger partial charge on any atom is 0.340 e. The van der Waals surface area contributed by atoms with Crippen LogP contribution in [0.4, 0.5) is 0 Å². The fraction of sp³-hybridized carbons (Fsp3) is 0.293. The van der Waals surface area contributed by atoms with E-state index in [0.29, 0.717) is 66.2 Å². The van der Waals surface area contributed by atoms with E-state index in [0.717, 1.165) is 17.4 Å². The summed E-state index contributed by atoms with van der Waals surface area (Å²) < 4.78 is 175. The van der Waals surface area contributed by atoms with Crippen molar-refractivity contribution in [1.29, 1.82) is 0 Å². The summed E-state index contributed by atoms with van der Waals surface area (Å²) in [5.41, 5.74) is -0.281. The van der Waals surface area contributed by atoms with Gasteiger partial charge in [0.25, 0.3) is 0 Å². The molecule has 0 fully saturated rings. The van der Waals surface area contributed by atoms with Crippen LogP contribution in [0.15, 0.2) is 94.0 Å². The van der Waals surface area contributed by atoms with E-state index in [1.54, 1.807) is 56.7 Å². The lowest BCUT2D eigenvalue weighted by molar-refractivity contribution is 0.0680. The summed E-state index contributed by atoms with van der Waals surface area (Å²) in [6.07, 6.45) is 2.57. The standard InChI is InChI=1S/C13H14N2O4S.C11H17NO5S.C9H13NO5S.C8H12N2O4S.C7H9NO5S.C5H4ClNO4S2.C5H5NO4S2/c1-8-11(13(16)17)12(20(14,18)19)9(2)15(8)10-6-4-3-5-7-10;1-3-5-7-9(11(13)14)10(18(12,15)16)8(17-7)6-4-2;1-3-5-7(9(11)12)8(16(10,13)14)6(4-2)15-5;1-4-6(8(11)12)7(15(9,13)14)5(2)10(4)3;1-3-5(7(9)10)6(4(2)13-3)14(8,11)12;6-3-1-2(4(8)9)5(12-3)13(7,10)11;6-12(9,10)5-3(4(7)8)1-2-11-5/h3-7H,1-2H3,(H,16,17)(H2,14,18,19);3-6H2,1-2H3,(H,13,14)(H2,12,15,16);3-4H2,1-2H3,(H,11,12)(H2,10,13,14);1-3H3,(H,11,12)(H2,9,13,14);1-2H3,(H,9,10)(H2,8,11,12);1H,(H,8,9)(H2,7,10,11);1-2H,(H,7,8)(H2,6,9,10). The van der Waals surface area contributed by atoms with Gasteiger partial charge in [0.2, 0.25) is 70.2 Å². The van der Waals surface area contributed by atoms with Gasteiger partial charge in [-0.1, -0.05) is 57.5 Å². The van der Waals surface area contributed by atoms with Crippen LogP contribution in [0.5, 0.6) is 0 Å². The molecule has 108 heavy (non-hydrogen) atoms. The van der Waals surface area contributed by atoms with Crippen molar-refractivity contribution in [1.82, 2.24) is 9.13 Å². The number of aryl methyl sites for hydroxylation is 6. The number of furan rings is 3. The highest BCUT2D eigenvalue weighted by atomic mass is 35.5. The van der Waals surface area contributed by atoms with Crippen LogP contribution < -0.4 is 36.0 Å². The average molecular weight is 1720 g/mol. The molecule has 7 aromatic heterocycles. The number of thiophene rings is 2. The summed E-state index contributed by atoms with van der Waals surface area (Å²) in [5, 5.41) is 98.1. The van der Waals surface area contributed by atoms with Crippen LogP contribution >= 0.6 is 34.3 Å². The van der Waals surface area contributed by atoms with E-state index < -0.39 is 137 Å². The van der Waals surface area contributed by atoms with Crippen molar-refractivity contribution in [2.45, 2.75) is 141 Å². The molecule has 0 radical (unpaired) electrons. The topological polar surface area (TPSA) is 732 Å². The largest absolute Gasteiger partial charge is 0.478 e.